The number of furan rings is 1. The molecule has 0 saturated carbocycles. The molecule has 20 heavy (non-hydrogen) atoms. The van der Waals surface area contributed by atoms with Crippen molar-refractivity contribution in [1.82, 2.24) is 10.2 Å². The van der Waals surface area contributed by atoms with Crippen molar-refractivity contribution in [2.45, 2.75) is 26.4 Å². The number of aryl methyl sites for hydroxylation is 1. The van der Waals surface area contributed by atoms with Gasteiger partial charge in [-0.05, 0) is 39.1 Å². The summed E-state index contributed by atoms with van der Waals surface area (Å²) in [6.07, 6.45) is 1.08. The SMILES string of the molecule is CNCc1cc(CN(C)CCc2ccccc2)c(C)o1. The highest BCUT2D eigenvalue weighted by Crippen LogP contribution is 2.16. The lowest BCUT2D eigenvalue weighted by Crippen LogP contribution is -2.20. The Morgan fingerprint density at radius 2 is 1.95 bits per heavy atom. The van der Waals surface area contributed by atoms with Crippen molar-refractivity contribution >= 4 is 0 Å². The number of hydrogen-bond acceptors (Lipinski definition) is 3. The topological polar surface area (TPSA) is 28.4 Å². The first kappa shape index (κ1) is 14.8. The second-order valence-corrected chi connectivity index (χ2v) is 5.30. The molecular weight excluding hydrogens is 248 g/mol. The minimum absolute atomic E-state index is 0.786. The average molecular weight is 272 g/mol. The van der Waals surface area contributed by atoms with E-state index in [9.17, 15) is 0 Å². The number of hydrogen-bond donors (Lipinski definition) is 1. The summed E-state index contributed by atoms with van der Waals surface area (Å²) in [6.45, 7) is 4.82. The van der Waals surface area contributed by atoms with Gasteiger partial charge in [0.2, 0.25) is 0 Å². The molecule has 0 aliphatic heterocycles. The third-order valence-electron chi connectivity index (χ3n) is 3.49. The molecule has 0 bridgehead atoms. The van der Waals surface area contributed by atoms with Crippen molar-refractivity contribution in [3.63, 3.8) is 0 Å². The van der Waals surface area contributed by atoms with Crippen molar-refractivity contribution in [2.24, 2.45) is 0 Å². The van der Waals surface area contributed by atoms with Crippen LogP contribution < -0.4 is 5.32 Å². The maximum absolute atomic E-state index is 5.73. The van der Waals surface area contributed by atoms with Gasteiger partial charge in [-0.2, -0.15) is 0 Å². The first-order valence-corrected chi connectivity index (χ1v) is 7.14. The van der Waals surface area contributed by atoms with Crippen molar-refractivity contribution < 1.29 is 4.42 Å². The minimum atomic E-state index is 0.786. The Labute approximate surface area is 121 Å². The molecule has 0 fully saturated rings. The normalized spacial score (nSPS) is 11.2. The van der Waals surface area contributed by atoms with Gasteiger partial charge >= 0.3 is 0 Å². The van der Waals surface area contributed by atoms with E-state index in [2.05, 4.69) is 53.7 Å². The van der Waals surface area contributed by atoms with Gasteiger partial charge in [-0.15, -0.1) is 0 Å². The summed E-state index contributed by atoms with van der Waals surface area (Å²) in [7, 11) is 4.09. The largest absolute Gasteiger partial charge is 0.465 e. The van der Waals surface area contributed by atoms with E-state index in [0.29, 0.717) is 0 Å². The predicted molar refractivity (Wildman–Crippen MR) is 82.7 cm³/mol. The lowest BCUT2D eigenvalue weighted by atomic mass is 10.1. The standard InChI is InChI=1S/C17H24N2O/c1-14-16(11-17(20-14)12-18-2)13-19(3)10-9-15-7-5-4-6-8-15/h4-8,11,18H,9-10,12-13H2,1-3H3. The summed E-state index contributed by atoms with van der Waals surface area (Å²) in [5.74, 6) is 2.04. The molecule has 0 saturated heterocycles. The van der Waals surface area contributed by atoms with E-state index in [-0.39, 0.29) is 0 Å². The summed E-state index contributed by atoms with van der Waals surface area (Å²) in [5.41, 5.74) is 2.67. The smallest absolute Gasteiger partial charge is 0.118 e. The van der Waals surface area contributed by atoms with E-state index in [4.69, 9.17) is 4.42 Å². The van der Waals surface area contributed by atoms with Crippen LogP contribution in [-0.4, -0.2) is 25.5 Å². The van der Waals surface area contributed by atoms with Crippen LogP contribution in [-0.2, 0) is 19.5 Å². The highest BCUT2D eigenvalue weighted by Gasteiger charge is 2.09. The van der Waals surface area contributed by atoms with Crippen LogP contribution in [0.25, 0.3) is 0 Å². The molecule has 0 amide bonds. The Morgan fingerprint density at radius 1 is 1.20 bits per heavy atom. The summed E-state index contributed by atoms with van der Waals surface area (Å²) < 4.78 is 5.73. The maximum Gasteiger partial charge on any atom is 0.118 e. The quantitative estimate of drug-likeness (QED) is 0.840. The molecule has 0 aliphatic carbocycles. The van der Waals surface area contributed by atoms with Crippen LogP contribution >= 0.6 is 0 Å². The molecule has 108 valence electrons. The molecule has 0 unspecified atom stereocenters. The Balaban J connectivity index is 1.86. The molecule has 0 radical (unpaired) electrons. The molecule has 2 rings (SSSR count). The predicted octanol–water partition coefficient (Wildman–Crippen LogP) is 2.98. The lowest BCUT2D eigenvalue weighted by Gasteiger charge is -2.16. The maximum atomic E-state index is 5.73. The third-order valence-corrected chi connectivity index (χ3v) is 3.49. The molecular formula is C17H24N2O. The van der Waals surface area contributed by atoms with E-state index in [1.807, 2.05) is 14.0 Å². The van der Waals surface area contributed by atoms with Gasteiger partial charge in [0.15, 0.2) is 0 Å². The van der Waals surface area contributed by atoms with Crippen LogP contribution in [0.15, 0.2) is 40.8 Å². The second-order valence-electron chi connectivity index (χ2n) is 5.30. The van der Waals surface area contributed by atoms with Gasteiger partial charge in [-0.25, -0.2) is 0 Å². The number of nitrogens with one attached hydrogen (secondary N) is 1. The molecule has 1 heterocycles. The minimum Gasteiger partial charge on any atom is -0.465 e. The molecule has 0 aliphatic rings. The summed E-state index contributed by atoms with van der Waals surface area (Å²) >= 11 is 0. The molecule has 0 atom stereocenters. The first-order valence-electron chi connectivity index (χ1n) is 7.14. The van der Waals surface area contributed by atoms with Gasteiger partial charge in [-0.1, -0.05) is 30.3 Å². The van der Waals surface area contributed by atoms with Crippen molar-refractivity contribution in [2.75, 3.05) is 20.6 Å². The zero-order valence-corrected chi connectivity index (χ0v) is 12.6. The fraction of sp³-hybridized carbons (Fsp3) is 0.412. The molecule has 1 aromatic carbocycles. The first-order chi connectivity index (χ1) is 9.69. The van der Waals surface area contributed by atoms with Crippen molar-refractivity contribution in [3.05, 3.63) is 59.0 Å². The van der Waals surface area contributed by atoms with E-state index in [0.717, 1.165) is 37.6 Å². The Morgan fingerprint density at radius 3 is 2.65 bits per heavy atom. The van der Waals surface area contributed by atoms with Crippen LogP contribution in [0.2, 0.25) is 0 Å². The van der Waals surface area contributed by atoms with Gasteiger partial charge in [0.25, 0.3) is 0 Å². The van der Waals surface area contributed by atoms with Crippen LogP contribution in [0.4, 0.5) is 0 Å². The molecule has 1 aromatic heterocycles. The zero-order chi connectivity index (χ0) is 14.4. The Hall–Kier alpha value is -1.58. The number of likely N-dealkylation sites (N-methyl/N-ethyl adjacent to an activating group) is 1. The Kier molecular flexibility index (Phi) is 5.39. The highest BCUT2D eigenvalue weighted by atomic mass is 16.3. The summed E-state index contributed by atoms with van der Waals surface area (Å²) in [5, 5.41) is 3.12. The summed E-state index contributed by atoms with van der Waals surface area (Å²) in [4.78, 5) is 2.34. The third kappa shape index (κ3) is 4.22. The van der Waals surface area contributed by atoms with Crippen LogP contribution in [0.1, 0.15) is 22.6 Å². The molecule has 1 N–H and O–H groups in total. The van der Waals surface area contributed by atoms with Crippen LogP contribution in [0, 0.1) is 6.92 Å². The van der Waals surface area contributed by atoms with Crippen LogP contribution in [0.5, 0.6) is 0 Å². The number of benzene rings is 1. The van der Waals surface area contributed by atoms with E-state index < -0.39 is 0 Å². The molecule has 0 spiro atoms. The molecule has 3 heteroatoms. The molecule has 3 nitrogen and oxygen atoms in total. The zero-order valence-electron chi connectivity index (χ0n) is 12.6. The van der Waals surface area contributed by atoms with Crippen molar-refractivity contribution in [3.8, 4) is 0 Å². The fourth-order valence-corrected chi connectivity index (χ4v) is 2.34. The number of nitrogens with zero attached hydrogens (tertiary/aromatic N) is 1. The second kappa shape index (κ2) is 7.27. The van der Waals surface area contributed by atoms with Crippen LogP contribution in [0.3, 0.4) is 0 Å². The highest BCUT2D eigenvalue weighted by molar-refractivity contribution is 5.21. The Bertz CT molecular complexity index is 519. The average Bonchev–Trinajstić information content (AvgIpc) is 2.78. The van der Waals surface area contributed by atoms with E-state index >= 15 is 0 Å². The van der Waals surface area contributed by atoms with Crippen molar-refractivity contribution in [1.29, 1.82) is 0 Å². The van der Waals surface area contributed by atoms with Gasteiger partial charge in [0, 0.05) is 18.7 Å². The van der Waals surface area contributed by atoms with Gasteiger partial charge < -0.3 is 14.6 Å². The fourth-order valence-electron chi connectivity index (χ4n) is 2.34. The summed E-state index contributed by atoms with van der Waals surface area (Å²) in [6, 6.07) is 12.8. The lowest BCUT2D eigenvalue weighted by molar-refractivity contribution is 0.328. The molecule has 2 aromatic rings. The van der Waals surface area contributed by atoms with E-state index in [1.165, 1.54) is 11.1 Å². The van der Waals surface area contributed by atoms with Gasteiger partial charge in [-0.3, -0.25) is 0 Å². The van der Waals surface area contributed by atoms with E-state index in [1.54, 1.807) is 0 Å². The number of rotatable bonds is 7. The van der Waals surface area contributed by atoms with Gasteiger partial charge in [0.05, 0.1) is 6.54 Å². The van der Waals surface area contributed by atoms with Gasteiger partial charge in [0.1, 0.15) is 11.5 Å². The monoisotopic (exact) mass is 272 g/mol.